The van der Waals surface area contributed by atoms with Gasteiger partial charge in [0.1, 0.15) is 19.0 Å². The molecule has 1 aliphatic heterocycles. The number of halogens is 2. The molecular formula is C17H15F2NO4. The largest absolute Gasteiger partial charge is 0.486 e. The normalized spacial score (nSPS) is 12.8. The van der Waals surface area contributed by atoms with Gasteiger partial charge in [-0.05, 0) is 42.0 Å². The van der Waals surface area contributed by atoms with Crippen molar-refractivity contribution >= 4 is 5.91 Å². The summed E-state index contributed by atoms with van der Waals surface area (Å²) in [7, 11) is 0. The first-order chi connectivity index (χ1) is 11.6. The molecular weight excluding hydrogens is 320 g/mol. The van der Waals surface area contributed by atoms with Crippen LogP contribution in [0.3, 0.4) is 0 Å². The lowest BCUT2D eigenvalue weighted by molar-refractivity contribution is -0.0498. The molecule has 0 radical (unpaired) electrons. The molecule has 1 heterocycles. The van der Waals surface area contributed by atoms with E-state index < -0.39 is 6.61 Å². The third-order valence-electron chi connectivity index (χ3n) is 3.40. The second-order valence-electron chi connectivity index (χ2n) is 5.06. The summed E-state index contributed by atoms with van der Waals surface area (Å²) in [5.41, 5.74) is 1.22. The molecule has 0 spiro atoms. The molecule has 1 aliphatic rings. The fourth-order valence-electron chi connectivity index (χ4n) is 2.27. The van der Waals surface area contributed by atoms with Gasteiger partial charge in [0.05, 0.1) is 0 Å². The van der Waals surface area contributed by atoms with E-state index >= 15 is 0 Å². The number of hydrogen-bond donors (Lipinski definition) is 1. The summed E-state index contributed by atoms with van der Waals surface area (Å²) in [5, 5.41) is 2.76. The van der Waals surface area contributed by atoms with Gasteiger partial charge >= 0.3 is 6.61 Å². The zero-order valence-corrected chi connectivity index (χ0v) is 12.6. The van der Waals surface area contributed by atoms with Gasteiger partial charge in [-0.1, -0.05) is 6.07 Å². The molecule has 5 nitrogen and oxygen atoms in total. The van der Waals surface area contributed by atoms with Crippen LogP contribution in [0.2, 0.25) is 0 Å². The Bertz CT molecular complexity index is 719. The summed E-state index contributed by atoms with van der Waals surface area (Å²) in [6, 6.07) is 11.0. The molecule has 1 amide bonds. The van der Waals surface area contributed by atoms with Crippen LogP contribution in [0.4, 0.5) is 8.78 Å². The number of carbonyl (C=O) groups excluding carboxylic acids is 1. The average molecular weight is 335 g/mol. The van der Waals surface area contributed by atoms with Gasteiger partial charge in [0.25, 0.3) is 5.91 Å². The van der Waals surface area contributed by atoms with Crippen LogP contribution < -0.4 is 19.5 Å². The Balaban J connectivity index is 1.59. The van der Waals surface area contributed by atoms with Crippen molar-refractivity contribution in [3.05, 3.63) is 53.6 Å². The Morgan fingerprint density at radius 2 is 1.79 bits per heavy atom. The smallest absolute Gasteiger partial charge is 0.387 e. The maximum absolute atomic E-state index is 12.1. The molecule has 0 fully saturated rings. The molecule has 0 unspecified atom stereocenters. The zero-order valence-electron chi connectivity index (χ0n) is 12.6. The fourth-order valence-corrected chi connectivity index (χ4v) is 2.27. The molecule has 2 aromatic rings. The Kier molecular flexibility index (Phi) is 4.79. The van der Waals surface area contributed by atoms with Gasteiger partial charge in [-0.2, -0.15) is 8.78 Å². The van der Waals surface area contributed by atoms with Crippen LogP contribution >= 0.6 is 0 Å². The van der Waals surface area contributed by atoms with Crippen LogP contribution in [0.15, 0.2) is 42.5 Å². The van der Waals surface area contributed by atoms with E-state index in [0.717, 1.165) is 5.56 Å². The number of ether oxygens (including phenoxy) is 3. The van der Waals surface area contributed by atoms with E-state index in [9.17, 15) is 13.6 Å². The lowest BCUT2D eigenvalue weighted by atomic mass is 10.1. The molecule has 2 aromatic carbocycles. The van der Waals surface area contributed by atoms with E-state index in [1.807, 2.05) is 12.1 Å². The SMILES string of the molecule is O=C(NCc1ccc2c(c1)OCCO2)c1ccc(OC(F)F)cc1. The van der Waals surface area contributed by atoms with Crippen molar-refractivity contribution in [1.82, 2.24) is 5.32 Å². The van der Waals surface area contributed by atoms with Crippen molar-refractivity contribution in [1.29, 1.82) is 0 Å². The fraction of sp³-hybridized carbons (Fsp3) is 0.235. The predicted molar refractivity (Wildman–Crippen MR) is 81.7 cm³/mol. The molecule has 24 heavy (non-hydrogen) atoms. The first-order valence-electron chi connectivity index (χ1n) is 7.33. The summed E-state index contributed by atoms with van der Waals surface area (Å²) in [5.74, 6) is 1.04. The third-order valence-corrected chi connectivity index (χ3v) is 3.40. The van der Waals surface area contributed by atoms with Gasteiger partial charge in [0, 0.05) is 12.1 Å². The number of hydrogen-bond acceptors (Lipinski definition) is 4. The van der Waals surface area contributed by atoms with Crippen molar-refractivity contribution in [3.63, 3.8) is 0 Å². The number of rotatable bonds is 5. The molecule has 0 atom stereocenters. The summed E-state index contributed by atoms with van der Waals surface area (Å²) >= 11 is 0. The lowest BCUT2D eigenvalue weighted by Gasteiger charge is -2.19. The first-order valence-corrected chi connectivity index (χ1v) is 7.33. The number of alkyl halides is 2. The minimum Gasteiger partial charge on any atom is -0.486 e. The van der Waals surface area contributed by atoms with Gasteiger partial charge in [0.2, 0.25) is 0 Å². The predicted octanol–water partition coefficient (Wildman–Crippen LogP) is 2.99. The molecule has 0 aromatic heterocycles. The Hall–Kier alpha value is -2.83. The summed E-state index contributed by atoms with van der Waals surface area (Å²) in [4.78, 5) is 12.1. The maximum Gasteiger partial charge on any atom is 0.387 e. The van der Waals surface area contributed by atoms with Crippen LogP contribution in [0, 0.1) is 0 Å². The molecule has 0 bridgehead atoms. The third kappa shape index (κ3) is 3.92. The Labute approximate surface area is 137 Å². The molecule has 7 heteroatoms. The standard InChI is InChI=1S/C17H15F2NO4/c18-17(19)24-13-4-2-12(3-5-13)16(21)20-10-11-1-6-14-15(9-11)23-8-7-22-14/h1-6,9,17H,7-8,10H2,(H,20,21). The number of benzene rings is 2. The Morgan fingerprint density at radius 1 is 1.08 bits per heavy atom. The highest BCUT2D eigenvalue weighted by molar-refractivity contribution is 5.94. The van der Waals surface area contributed by atoms with Crippen LogP contribution in [-0.4, -0.2) is 25.7 Å². The number of amides is 1. The maximum atomic E-state index is 12.1. The summed E-state index contributed by atoms with van der Waals surface area (Å²) in [6.45, 7) is -1.56. The van der Waals surface area contributed by atoms with Crippen molar-refractivity contribution in [3.8, 4) is 17.2 Å². The van der Waals surface area contributed by atoms with Crippen molar-refractivity contribution in [2.75, 3.05) is 13.2 Å². The van der Waals surface area contributed by atoms with E-state index in [0.29, 0.717) is 36.8 Å². The van der Waals surface area contributed by atoms with E-state index in [1.165, 1.54) is 24.3 Å². The quantitative estimate of drug-likeness (QED) is 0.913. The number of carbonyl (C=O) groups is 1. The van der Waals surface area contributed by atoms with Crippen LogP contribution in [-0.2, 0) is 6.54 Å². The average Bonchev–Trinajstić information content (AvgIpc) is 2.59. The lowest BCUT2D eigenvalue weighted by Crippen LogP contribution is -2.23. The van der Waals surface area contributed by atoms with Gasteiger partial charge in [-0.3, -0.25) is 4.79 Å². The van der Waals surface area contributed by atoms with E-state index in [4.69, 9.17) is 9.47 Å². The van der Waals surface area contributed by atoms with E-state index in [2.05, 4.69) is 10.1 Å². The monoisotopic (exact) mass is 335 g/mol. The van der Waals surface area contributed by atoms with Gasteiger partial charge in [-0.25, -0.2) is 0 Å². The number of fused-ring (bicyclic) bond motifs is 1. The molecule has 0 aliphatic carbocycles. The minimum atomic E-state index is -2.89. The molecule has 126 valence electrons. The molecule has 1 N–H and O–H groups in total. The summed E-state index contributed by atoms with van der Waals surface area (Å²) < 4.78 is 39.3. The van der Waals surface area contributed by atoms with Gasteiger partial charge in [0.15, 0.2) is 11.5 Å². The molecule has 3 rings (SSSR count). The van der Waals surface area contributed by atoms with Crippen LogP contribution in [0.25, 0.3) is 0 Å². The highest BCUT2D eigenvalue weighted by atomic mass is 19.3. The topological polar surface area (TPSA) is 56.8 Å². The first kappa shape index (κ1) is 16.0. The van der Waals surface area contributed by atoms with Crippen molar-refractivity contribution in [2.24, 2.45) is 0 Å². The van der Waals surface area contributed by atoms with E-state index in [-0.39, 0.29) is 11.7 Å². The number of nitrogens with one attached hydrogen (secondary N) is 1. The van der Waals surface area contributed by atoms with Crippen molar-refractivity contribution < 1.29 is 27.8 Å². The zero-order chi connectivity index (χ0) is 16.9. The van der Waals surface area contributed by atoms with E-state index in [1.54, 1.807) is 6.07 Å². The summed E-state index contributed by atoms with van der Waals surface area (Å²) in [6.07, 6.45) is 0. The van der Waals surface area contributed by atoms with Crippen molar-refractivity contribution in [2.45, 2.75) is 13.2 Å². The van der Waals surface area contributed by atoms with Crippen LogP contribution in [0.1, 0.15) is 15.9 Å². The molecule has 0 saturated heterocycles. The molecule has 0 saturated carbocycles. The second kappa shape index (κ2) is 7.16. The van der Waals surface area contributed by atoms with Crippen LogP contribution in [0.5, 0.6) is 17.2 Å². The second-order valence-corrected chi connectivity index (χ2v) is 5.06. The minimum absolute atomic E-state index is 0.00776. The highest BCUT2D eigenvalue weighted by Gasteiger charge is 2.12. The van der Waals surface area contributed by atoms with Gasteiger partial charge < -0.3 is 19.5 Å². The highest BCUT2D eigenvalue weighted by Crippen LogP contribution is 2.30. The Morgan fingerprint density at radius 3 is 2.50 bits per heavy atom. The van der Waals surface area contributed by atoms with Gasteiger partial charge in [-0.15, -0.1) is 0 Å².